The topological polar surface area (TPSA) is 194 Å². The van der Waals surface area contributed by atoms with Crippen molar-refractivity contribution >= 4 is 32.8 Å². The van der Waals surface area contributed by atoms with Gasteiger partial charge in [-0.1, -0.05) is 51.9 Å². The third kappa shape index (κ3) is 9.32. The van der Waals surface area contributed by atoms with Crippen molar-refractivity contribution in [2.75, 3.05) is 10.7 Å². The van der Waals surface area contributed by atoms with Gasteiger partial charge in [0, 0.05) is 17.8 Å². The second kappa shape index (κ2) is 15.8. The van der Waals surface area contributed by atoms with E-state index in [0.29, 0.717) is 12.8 Å². The molecular formula is C30H38N4O8S. The van der Waals surface area contributed by atoms with Crippen molar-refractivity contribution < 1.29 is 33.1 Å². The Bertz CT molecular complexity index is 1500. The summed E-state index contributed by atoms with van der Waals surface area (Å²) in [5.41, 5.74) is 2.22. The van der Waals surface area contributed by atoms with Gasteiger partial charge in [-0.3, -0.25) is 20.8 Å². The van der Waals surface area contributed by atoms with Crippen molar-refractivity contribution in [3.05, 3.63) is 70.8 Å². The zero-order chi connectivity index (χ0) is 31.4. The number of carbonyl (C=O) groups is 1. The van der Waals surface area contributed by atoms with Crippen LogP contribution in [0.3, 0.4) is 0 Å². The minimum Gasteiger partial charge on any atom is -0.508 e. The molecule has 0 bridgehead atoms. The number of benzene rings is 3. The van der Waals surface area contributed by atoms with Gasteiger partial charge in [0.25, 0.3) is 11.6 Å². The Morgan fingerprint density at radius 3 is 2.23 bits per heavy atom. The molecule has 0 fully saturated rings. The summed E-state index contributed by atoms with van der Waals surface area (Å²) < 4.78 is 32.0. The van der Waals surface area contributed by atoms with Crippen LogP contribution in [0, 0.1) is 10.1 Å². The minimum absolute atomic E-state index is 0.0869. The van der Waals surface area contributed by atoms with Crippen molar-refractivity contribution in [3.63, 3.8) is 0 Å². The highest BCUT2D eigenvalue weighted by atomic mass is 32.2. The normalized spacial score (nSPS) is 12.0. The lowest BCUT2D eigenvalue weighted by molar-refractivity contribution is -0.383. The number of anilines is 2. The van der Waals surface area contributed by atoms with Crippen LogP contribution < -0.4 is 21.3 Å². The van der Waals surface area contributed by atoms with E-state index in [4.69, 9.17) is 10.6 Å². The molecule has 13 heteroatoms. The standard InChI is InChI=1S/C30H38N4O8S/c1-2-3-4-5-6-7-8-9-10-28(30(37)32-21-11-17-25(33-31)26(19-21)34(38)39)42-23-13-15-24(16-14-23)43(40,41)29-20-22(35)12-18-27(29)36/h11-20,28,33,35-36H,2-10,31H2,1H3,(H,32,37). The van der Waals surface area contributed by atoms with Crippen LogP contribution in [0.4, 0.5) is 17.1 Å². The van der Waals surface area contributed by atoms with E-state index in [1.165, 1.54) is 67.8 Å². The summed E-state index contributed by atoms with van der Waals surface area (Å²) in [6.07, 6.45) is 7.87. The summed E-state index contributed by atoms with van der Waals surface area (Å²) in [4.78, 5) is 23.5. The highest BCUT2D eigenvalue weighted by Gasteiger charge is 2.25. The Kier molecular flexibility index (Phi) is 12.1. The number of phenols is 2. The first-order valence-electron chi connectivity index (χ1n) is 14.2. The number of ether oxygens (including phenoxy) is 1. The van der Waals surface area contributed by atoms with Crippen molar-refractivity contribution in [1.29, 1.82) is 0 Å². The second-order valence-electron chi connectivity index (χ2n) is 10.1. The number of hydrogen-bond donors (Lipinski definition) is 5. The maximum atomic E-state index is 13.3. The molecule has 3 aromatic rings. The van der Waals surface area contributed by atoms with Crippen LogP contribution >= 0.6 is 0 Å². The highest BCUT2D eigenvalue weighted by molar-refractivity contribution is 7.91. The van der Waals surface area contributed by atoms with Gasteiger partial charge in [-0.2, -0.15) is 0 Å². The molecule has 1 atom stereocenters. The first-order chi connectivity index (χ1) is 20.6. The number of rotatable bonds is 17. The number of nitrogens with zero attached hydrogens (tertiary/aromatic N) is 1. The number of sulfone groups is 1. The van der Waals surface area contributed by atoms with Gasteiger partial charge in [-0.15, -0.1) is 0 Å². The van der Waals surface area contributed by atoms with E-state index in [0.717, 1.165) is 37.8 Å². The van der Waals surface area contributed by atoms with Crippen molar-refractivity contribution in [2.45, 2.75) is 80.6 Å². The van der Waals surface area contributed by atoms with E-state index >= 15 is 0 Å². The summed E-state index contributed by atoms with van der Waals surface area (Å²) in [6, 6.07) is 12.6. The number of nitrogen functional groups attached to an aromatic ring is 1. The summed E-state index contributed by atoms with van der Waals surface area (Å²) in [5.74, 6) is 4.24. The number of carbonyl (C=O) groups excluding carboxylic acids is 1. The zero-order valence-corrected chi connectivity index (χ0v) is 24.8. The first-order valence-corrected chi connectivity index (χ1v) is 15.6. The summed E-state index contributed by atoms with van der Waals surface area (Å²) in [5, 5.41) is 33.8. The molecule has 0 aliphatic rings. The zero-order valence-electron chi connectivity index (χ0n) is 24.0. The lowest BCUT2D eigenvalue weighted by Crippen LogP contribution is -2.33. The molecule has 1 amide bonds. The first kappa shape index (κ1) is 33.1. The lowest BCUT2D eigenvalue weighted by atomic mass is 10.1. The van der Waals surface area contributed by atoms with Gasteiger partial charge in [-0.25, -0.2) is 8.42 Å². The maximum absolute atomic E-state index is 13.3. The number of hydrazine groups is 1. The summed E-state index contributed by atoms with van der Waals surface area (Å²) >= 11 is 0. The number of nitrogens with two attached hydrogens (primary N) is 1. The van der Waals surface area contributed by atoms with E-state index < -0.39 is 37.4 Å². The average molecular weight is 615 g/mol. The molecule has 0 heterocycles. The number of phenolic OH excluding ortho intramolecular Hbond substituents is 2. The minimum atomic E-state index is -4.15. The summed E-state index contributed by atoms with van der Waals surface area (Å²) in [7, 11) is -4.15. The third-order valence-corrected chi connectivity index (χ3v) is 8.67. The Hall–Kier alpha value is -4.36. The molecule has 1 unspecified atom stereocenters. The van der Waals surface area contributed by atoms with Gasteiger partial charge < -0.3 is 25.7 Å². The number of unbranched alkanes of at least 4 members (excludes halogenated alkanes) is 7. The molecule has 43 heavy (non-hydrogen) atoms. The van der Waals surface area contributed by atoms with E-state index in [-0.39, 0.29) is 33.5 Å². The van der Waals surface area contributed by atoms with Gasteiger partial charge in [0.1, 0.15) is 27.8 Å². The molecule has 6 N–H and O–H groups in total. The molecule has 3 rings (SSSR count). The monoisotopic (exact) mass is 614 g/mol. The number of nitro groups is 1. The predicted octanol–water partition coefficient (Wildman–Crippen LogP) is 6.04. The Morgan fingerprint density at radius 1 is 0.953 bits per heavy atom. The Labute approximate surface area is 250 Å². The molecule has 0 aliphatic carbocycles. The van der Waals surface area contributed by atoms with Gasteiger partial charge in [0.05, 0.1) is 9.82 Å². The number of nitro benzene ring substituents is 1. The maximum Gasteiger partial charge on any atom is 0.295 e. The number of hydrogen-bond acceptors (Lipinski definition) is 10. The molecule has 0 saturated carbocycles. The fraction of sp³-hybridized carbons (Fsp3) is 0.367. The van der Waals surface area contributed by atoms with Crippen LogP contribution in [-0.2, 0) is 14.6 Å². The van der Waals surface area contributed by atoms with Gasteiger partial charge in [0.15, 0.2) is 6.10 Å². The molecule has 232 valence electrons. The molecule has 0 spiro atoms. The average Bonchev–Trinajstić information content (AvgIpc) is 2.99. The Morgan fingerprint density at radius 2 is 1.60 bits per heavy atom. The van der Waals surface area contributed by atoms with E-state index in [1.807, 2.05) is 0 Å². The quantitative estimate of drug-likeness (QED) is 0.0393. The molecule has 0 aromatic heterocycles. The van der Waals surface area contributed by atoms with Crippen molar-refractivity contribution in [1.82, 2.24) is 0 Å². The SMILES string of the molecule is CCCCCCCCCCC(Oc1ccc(S(=O)(=O)c2cc(O)ccc2O)cc1)C(=O)Nc1ccc(NN)c([N+](=O)[O-])c1. The largest absolute Gasteiger partial charge is 0.508 e. The van der Waals surface area contributed by atoms with Crippen LogP contribution in [-0.4, -0.2) is 35.6 Å². The molecule has 3 aromatic carbocycles. The number of amides is 1. The fourth-order valence-electron chi connectivity index (χ4n) is 4.52. The third-order valence-electron chi connectivity index (χ3n) is 6.88. The predicted molar refractivity (Wildman–Crippen MR) is 163 cm³/mol. The van der Waals surface area contributed by atoms with E-state index in [1.54, 1.807) is 0 Å². The highest BCUT2D eigenvalue weighted by Crippen LogP contribution is 2.32. The van der Waals surface area contributed by atoms with Crippen molar-refractivity contribution in [3.8, 4) is 17.2 Å². The number of aromatic hydroxyl groups is 2. The van der Waals surface area contributed by atoms with Crippen LogP contribution in [0.5, 0.6) is 17.2 Å². The second-order valence-corrected chi connectivity index (χ2v) is 12.0. The van der Waals surface area contributed by atoms with Crippen LogP contribution in [0.15, 0.2) is 70.5 Å². The lowest BCUT2D eigenvalue weighted by Gasteiger charge is -2.19. The van der Waals surface area contributed by atoms with E-state index in [2.05, 4.69) is 17.7 Å². The molecule has 0 radical (unpaired) electrons. The van der Waals surface area contributed by atoms with Crippen molar-refractivity contribution in [2.24, 2.45) is 5.84 Å². The van der Waals surface area contributed by atoms with Crippen LogP contribution in [0.1, 0.15) is 64.7 Å². The van der Waals surface area contributed by atoms with Gasteiger partial charge in [0.2, 0.25) is 9.84 Å². The smallest absolute Gasteiger partial charge is 0.295 e. The fourth-order valence-corrected chi connectivity index (χ4v) is 5.89. The summed E-state index contributed by atoms with van der Waals surface area (Å²) in [6.45, 7) is 2.17. The van der Waals surface area contributed by atoms with Gasteiger partial charge in [-0.05, 0) is 61.4 Å². The molecule has 0 aliphatic heterocycles. The van der Waals surface area contributed by atoms with Crippen LogP contribution in [0.25, 0.3) is 0 Å². The Balaban J connectivity index is 1.75. The van der Waals surface area contributed by atoms with Gasteiger partial charge >= 0.3 is 0 Å². The molecule has 0 saturated heterocycles. The number of nitrogens with one attached hydrogen (secondary N) is 2. The molecular weight excluding hydrogens is 576 g/mol. The van der Waals surface area contributed by atoms with E-state index in [9.17, 15) is 33.5 Å². The van der Waals surface area contributed by atoms with Crippen LogP contribution in [0.2, 0.25) is 0 Å². The molecule has 12 nitrogen and oxygen atoms in total.